The van der Waals surface area contributed by atoms with E-state index in [1.165, 1.54) is 18.9 Å². The number of carbonyl (C=O) groups excluding carboxylic acids is 1. The lowest BCUT2D eigenvalue weighted by molar-refractivity contribution is -0.113. The Morgan fingerprint density at radius 3 is 2.93 bits per heavy atom. The van der Waals surface area contributed by atoms with Gasteiger partial charge in [-0.3, -0.25) is 9.78 Å². The summed E-state index contributed by atoms with van der Waals surface area (Å²) >= 11 is 7.23. The van der Waals surface area contributed by atoms with Crippen molar-refractivity contribution in [3.8, 4) is 17.0 Å². The lowest BCUT2D eigenvalue weighted by Gasteiger charge is -2.10. The maximum Gasteiger partial charge on any atom is 0.234 e. The molecule has 0 unspecified atom stereocenters. The van der Waals surface area contributed by atoms with E-state index in [4.69, 9.17) is 16.3 Å². The van der Waals surface area contributed by atoms with Crippen LogP contribution in [0, 0.1) is 0 Å². The van der Waals surface area contributed by atoms with Crippen molar-refractivity contribution in [2.24, 2.45) is 0 Å². The molecular weight excluding hydrogens is 412 g/mol. The first-order chi connectivity index (χ1) is 14.1. The number of halogens is 1. The number of fused-ring (bicyclic) bond motifs is 1. The number of anilines is 1. The third-order valence-electron chi connectivity index (χ3n) is 3.96. The predicted octanol–water partition coefficient (Wildman–Crippen LogP) is 3.58. The lowest BCUT2D eigenvalue weighted by Crippen LogP contribution is -2.15. The van der Waals surface area contributed by atoms with Gasteiger partial charge in [0.25, 0.3) is 0 Å². The first-order valence-electron chi connectivity index (χ1n) is 8.53. The molecule has 0 fully saturated rings. The molecule has 10 heteroatoms. The van der Waals surface area contributed by atoms with Crippen LogP contribution in [-0.4, -0.2) is 43.6 Å². The zero-order valence-electron chi connectivity index (χ0n) is 15.2. The van der Waals surface area contributed by atoms with Crippen molar-refractivity contribution in [3.63, 3.8) is 0 Å². The van der Waals surface area contributed by atoms with Crippen molar-refractivity contribution in [2.75, 3.05) is 18.2 Å². The zero-order chi connectivity index (χ0) is 20.2. The summed E-state index contributed by atoms with van der Waals surface area (Å²) < 4.78 is 6.85. The van der Waals surface area contributed by atoms with Crippen LogP contribution in [-0.2, 0) is 4.79 Å². The fourth-order valence-corrected chi connectivity index (χ4v) is 3.48. The van der Waals surface area contributed by atoms with E-state index in [-0.39, 0.29) is 11.7 Å². The molecule has 4 aromatic rings. The molecule has 0 radical (unpaired) electrons. The van der Waals surface area contributed by atoms with Gasteiger partial charge < -0.3 is 10.1 Å². The molecule has 0 spiro atoms. The predicted molar refractivity (Wildman–Crippen MR) is 111 cm³/mol. The van der Waals surface area contributed by atoms with Gasteiger partial charge in [-0.25, -0.2) is 0 Å². The number of benzene rings is 1. The minimum absolute atomic E-state index is 0.120. The minimum Gasteiger partial charge on any atom is -0.495 e. The second-order valence-corrected chi connectivity index (χ2v) is 7.27. The van der Waals surface area contributed by atoms with Gasteiger partial charge in [0.2, 0.25) is 11.1 Å². The van der Waals surface area contributed by atoms with E-state index in [1.807, 2.05) is 24.3 Å². The first kappa shape index (κ1) is 19.2. The smallest absolute Gasteiger partial charge is 0.234 e. The molecule has 4 rings (SSSR count). The van der Waals surface area contributed by atoms with Gasteiger partial charge in [-0.05, 0) is 42.5 Å². The van der Waals surface area contributed by atoms with Gasteiger partial charge in [0.05, 0.1) is 24.2 Å². The van der Waals surface area contributed by atoms with Gasteiger partial charge in [-0.1, -0.05) is 23.4 Å². The number of ether oxygens (including phenoxy) is 1. The number of carbonyl (C=O) groups is 1. The van der Waals surface area contributed by atoms with Gasteiger partial charge in [0, 0.05) is 23.0 Å². The van der Waals surface area contributed by atoms with Crippen molar-refractivity contribution in [3.05, 3.63) is 59.9 Å². The first-order valence-corrected chi connectivity index (χ1v) is 9.89. The summed E-state index contributed by atoms with van der Waals surface area (Å²) in [6.45, 7) is 0. The van der Waals surface area contributed by atoms with E-state index in [0.29, 0.717) is 27.3 Å². The monoisotopic (exact) mass is 426 g/mol. The number of thioether (sulfide) groups is 1. The standard InChI is InChI=1S/C19H15ClN6O2S/c1-28-16-6-4-13(20)9-15(16)22-18(27)11-29-19-24-23-17-7-5-14(25-26(17)19)12-3-2-8-21-10-12/h2-10H,11H2,1H3,(H,22,27). The Labute approximate surface area is 175 Å². The van der Waals surface area contributed by atoms with Crippen molar-refractivity contribution in [1.29, 1.82) is 0 Å². The van der Waals surface area contributed by atoms with Crippen LogP contribution in [0.25, 0.3) is 16.9 Å². The van der Waals surface area contributed by atoms with Crippen LogP contribution in [0.15, 0.2) is 60.0 Å². The number of hydrogen-bond donors (Lipinski definition) is 1. The van der Waals surface area contributed by atoms with Crippen LogP contribution in [0.3, 0.4) is 0 Å². The Morgan fingerprint density at radius 2 is 2.14 bits per heavy atom. The second-order valence-electron chi connectivity index (χ2n) is 5.89. The molecule has 0 atom stereocenters. The molecule has 0 aliphatic carbocycles. The summed E-state index contributed by atoms with van der Waals surface area (Å²) in [5.41, 5.74) is 2.72. The molecule has 8 nitrogen and oxygen atoms in total. The second kappa shape index (κ2) is 8.46. The highest BCUT2D eigenvalue weighted by molar-refractivity contribution is 7.99. The Hall–Kier alpha value is -3.17. The molecule has 1 amide bonds. The third-order valence-corrected chi connectivity index (χ3v) is 5.11. The average molecular weight is 427 g/mol. The summed E-state index contributed by atoms with van der Waals surface area (Å²) in [4.78, 5) is 16.5. The van der Waals surface area contributed by atoms with Crippen LogP contribution in [0.1, 0.15) is 0 Å². The SMILES string of the molecule is COc1ccc(Cl)cc1NC(=O)CSc1nnc2ccc(-c3cccnc3)nn12. The van der Waals surface area contributed by atoms with Crippen molar-refractivity contribution >= 4 is 40.6 Å². The van der Waals surface area contributed by atoms with Crippen LogP contribution < -0.4 is 10.1 Å². The highest BCUT2D eigenvalue weighted by Crippen LogP contribution is 2.28. The minimum atomic E-state index is -0.226. The molecule has 3 aromatic heterocycles. The average Bonchev–Trinajstić information content (AvgIpc) is 3.15. The summed E-state index contributed by atoms with van der Waals surface area (Å²) in [5.74, 6) is 0.425. The molecule has 0 bridgehead atoms. The van der Waals surface area contributed by atoms with E-state index in [0.717, 1.165) is 11.3 Å². The van der Waals surface area contributed by atoms with Crippen LogP contribution in [0.5, 0.6) is 5.75 Å². The molecule has 3 heterocycles. The summed E-state index contributed by atoms with van der Waals surface area (Å²) in [6.07, 6.45) is 3.44. The molecule has 29 heavy (non-hydrogen) atoms. The number of pyridine rings is 1. The number of nitrogens with zero attached hydrogens (tertiary/aromatic N) is 5. The van der Waals surface area contributed by atoms with Gasteiger partial charge >= 0.3 is 0 Å². The zero-order valence-corrected chi connectivity index (χ0v) is 16.8. The molecule has 0 saturated carbocycles. The maximum atomic E-state index is 12.4. The molecule has 146 valence electrons. The Bertz CT molecular complexity index is 1170. The van der Waals surface area contributed by atoms with Crippen LogP contribution in [0.2, 0.25) is 5.02 Å². The Morgan fingerprint density at radius 1 is 1.24 bits per heavy atom. The number of methoxy groups -OCH3 is 1. The summed E-state index contributed by atoms with van der Waals surface area (Å²) in [5, 5.41) is 16.6. The van der Waals surface area contributed by atoms with E-state index in [2.05, 4.69) is 25.6 Å². The van der Waals surface area contributed by atoms with Crippen LogP contribution >= 0.6 is 23.4 Å². The molecule has 1 aromatic carbocycles. The van der Waals surface area contributed by atoms with Crippen molar-refractivity contribution < 1.29 is 9.53 Å². The van der Waals surface area contributed by atoms with Gasteiger partial charge in [0.15, 0.2) is 5.65 Å². The largest absolute Gasteiger partial charge is 0.495 e. The molecule has 1 N–H and O–H groups in total. The summed E-state index contributed by atoms with van der Waals surface area (Å²) in [7, 11) is 1.53. The van der Waals surface area contributed by atoms with Crippen LogP contribution in [0.4, 0.5) is 5.69 Å². The fourth-order valence-electron chi connectivity index (χ4n) is 2.62. The Balaban J connectivity index is 1.50. The van der Waals surface area contributed by atoms with E-state index >= 15 is 0 Å². The van der Waals surface area contributed by atoms with E-state index in [9.17, 15) is 4.79 Å². The van der Waals surface area contributed by atoms with Gasteiger partial charge in [-0.15, -0.1) is 10.2 Å². The van der Waals surface area contributed by atoms with E-state index < -0.39 is 0 Å². The quantitative estimate of drug-likeness (QED) is 0.471. The van der Waals surface area contributed by atoms with Crippen molar-refractivity contribution in [1.82, 2.24) is 24.8 Å². The number of hydrogen-bond acceptors (Lipinski definition) is 7. The lowest BCUT2D eigenvalue weighted by atomic mass is 10.2. The normalized spacial score (nSPS) is 10.8. The number of nitrogens with one attached hydrogen (secondary N) is 1. The number of aromatic nitrogens is 5. The highest BCUT2D eigenvalue weighted by atomic mass is 35.5. The maximum absolute atomic E-state index is 12.4. The Kier molecular flexibility index (Phi) is 5.59. The summed E-state index contributed by atoms with van der Waals surface area (Å²) in [6, 6.07) is 12.5. The topological polar surface area (TPSA) is 94.3 Å². The molecular formula is C19H15ClN6O2S. The third kappa shape index (κ3) is 4.30. The van der Waals surface area contributed by atoms with Gasteiger partial charge in [0.1, 0.15) is 5.75 Å². The van der Waals surface area contributed by atoms with Gasteiger partial charge in [-0.2, -0.15) is 9.61 Å². The highest BCUT2D eigenvalue weighted by Gasteiger charge is 2.13. The molecule has 0 aliphatic heterocycles. The fraction of sp³-hybridized carbons (Fsp3) is 0.105. The molecule has 0 aliphatic rings. The number of amides is 1. The molecule has 0 saturated heterocycles. The van der Waals surface area contributed by atoms with Crippen molar-refractivity contribution in [2.45, 2.75) is 5.16 Å². The van der Waals surface area contributed by atoms with E-state index in [1.54, 1.807) is 35.1 Å². The number of rotatable bonds is 6.